The van der Waals surface area contributed by atoms with Crippen LogP contribution in [-0.4, -0.2) is 22.8 Å². The van der Waals surface area contributed by atoms with Gasteiger partial charge in [-0.1, -0.05) is 6.07 Å². The highest BCUT2D eigenvalue weighted by atomic mass is 19.1. The molecule has 3 aromatic rings. The molecular formula is C19H18F2N2O. The lowest BCUT2D eigenvalue weighted by atomic mass is 10.1. The molecule has 0 saturated carbocycles. The SMILES string of the molecule is Cc1[nH]c2ccc(C(=O)N(C)Cc3ccc(F)cc3F)cc2c1C. The molecule has 1 aromatic heterocycles. The van der Waals surface area contributed by atoms with Crippen LogP contribution < -0.4 is 0 Å². The minimum atomic E-state index is -0.651. The molecule has 24 heavy (non-hydrogen) atoms. The summed E-state index contributed by atoms with van der Waals surface area (Å²) in [6.07, 6.45) is 0. The van der Waals surface area contributed by atoms with Gasteiger partial charge < -0.3 is 9.88 Å². The van der Waals surface area contributed by atoms with Gasteiger partial charge in [-0.3, -0.25) is 4.79 Å². The van der Waals surface area contributed by atoms with Gasteiger partial charge in [0, 0.05) is 47.4 Å². The first kappa shape index (κ1) is 16.2. The Labute approximate surface area is 138 Å². The lowest BCUT2D eigenvalue weighted by molar-refractivity contribution is 0.0784. The molecular weight excluding hydrogens is 310 g/mol. The van der Waals surface area contributed by atoms with Crippen LogP contribution in [0.2, 0.25) is 0 Å². The molecule has 0 atom stereocenters. The largest absolute Gasteiger partial charge is 0.358 e. The van der Waals surface area contributed by atoms with E-state index in [-0.39, 0.29) is 18.0 Å². The molecule has 0 aliphatic rings. The topological polar surface area (TPSA) is 36.1 Å². The van der Waals surface area contributed by atoms with E-state index in [0.29, 0.717) is 5.56 Å². The normalized spacial score (nSPS) is 11.0. The fourth-order valence-corrected chi connectivity index (χ4v) is 2.79. The number of aromatic nitrogens is 1. The molecule has 124 valence electrons. The standard InChI is InChI=1S/C19H18F2N2O/c1-11-12(2)22-18-7-5-13(8-16(11)18)19(24)23(3)10-14-4-6-15(20)9-17(14)21/h4-9,22H,10H2,1-3H3. The summed E-state index contributed by atoms with van der Waals surface area (Å²) in [6.45, 7) is 4.06. The molecule has 0 unspecified atom stereocenters. The molecule has 5 heteroatoms. The lowest BCUT2D eigenvalue weighted by Gasteiger charge is -2.18. The Bertz CT molecular complexity index is 931. The van der Waals surface area contributed by atoms with Gasteiger partial charge in [0.15, 0.2) is 0 Å². The minimum Gasteiger partial charge on any atom is -0.358 e. The number of carbonyl (C=O) groups is 1. The highest BCUT2D eigenvalue weighted by Gasteiger charge is 2.16. The summed E-state index contributed by atoms with van der Waals surface area (Å²) in [5, 5.41) is 1.000. The van der Waals surface area contributed by atoms with Gasteiger partial charge in [-0.25, -0.2) is 8.78 Å². The summed E-state index contributed by atoms with van der Waals surface area (Å²) in [7, 11) is 1.60. The number of halogens is 2. The molecule has 0 fully saturated rings. The highest BCUT2D eigenvalue weighted by molar-refractivity contribution is 5.98. The molecule has 1 heterocycles. The third-order valence-corrected chi connectivity index (χ3v) is 4.32. The number of nitrogens with zero attached hydrogens (tertiary/aromatic N) is 1. The van der Waals surface area contributed by atoms with Crippen LogP contribution >= 0.6 is 0 Å². The van der Waals surface area contributed by atoms with E-state index < -0.39 is 11.6 Å². The number of aromatic amines is 1. The van der Waals surface area contributed by atoms with Crippen molar-refractivity contribution in [1.29, 1.82) is 0 Å². The Balaban J connectivity index is 1.86. The second-order valence-corrected chi connectivity index (χ2v) is 6.03. The van der Waals surface area contributed by atoms with Crippen molar-refractivity contribution in [1.82, 2.24) is 9.88 Å². The number of rotatable bonds is 3. The van der Waals surface area contributed by atoms with Gasteiger partial charge in [0.1, 0.15) is 11.6 Å². The monoisotopic (exact) mass is 328 g/mol. The molecule has 0 spiro atoms. The van der Waals surface area contributed by atoms with Crippen molar-refractivity contribution in [3.05, 3.63) is 70.4 Å². The van der Waals surface area contributed by atoms with Crippen LogP contribution in [0.4, 0.5) is 8.78 Å². The van der Waals surface area contributed by atoms with Crippen LogP contribution in [0.1, 0.15) is 27.2 Å². The number of carbonyl (C=O) groups excluding carboxylic acids is 1. The molecule has 3 nitrogen and oxygen atoms in total. The van der Waals surface area contributed by atoms with Crippen LogP contribution in [-0.2, 0) is 6.54 Å². The van der Waals surface area contributed by atoms with Crippen molar-refractivity contribution in [3.63, 3.8) is 0 Å². The smallest absolute Gasteiger partial charge is 0.253 e. The second-order valence-electron chi connectivity index (χ2n) is 6.03. The van der Waals surface area contributed by atoms with E-state index in [2.05, 4.69) is 4.98 Å². The van der Waals surface area contributed by atoms with Gasteiger partial charge in [0.25, 0.3) is 5.91 Å². The average molecular weight is 328 g/mol. The van der Waals surface area contributed by atoms with Gasteiger partial charge in [-0.05, 0) is 43.7 Å². The number of aryl methyl sites for hydroxylation is 2. The van der Waals surface area contributed by atoms with E-state index in [9.17, 15) is 13.6 Å². The maximum atomic E-state index is 13.8. The Kier molecular flexibility index (Phi) is 4.09. The third kappa shape index (κ3) is 2.89. The maximum absolute atomic E-state index is 13.8. The summed E-state index contributed by atoms with van der Waals surface area (Å²) >= 11 is 0. The summed E-state index contributed by atoms with van der Waals surface area (Å²) in [6, 6.07) is 8.83. The van der Waals surface area contributed by atoms with Crippen molar-refractivity contribution in [2.45, 2.75) is 20.4 Å². The van der Waals surface area contributed by atoms with E-state index in [1.807, 2.05) is 26.0 Å². The Morgan fingerprint density at radius 3 is 2.58 bits per heavy atom. The highest BCUT2D eigenvalue weighted by Crippen LogP contribution is 2.23. The Morgan fingerprint density at radius 1 is 1.12 bits per heavy atom. The summed E-state index contributed by atoms with van der Waals surface area (Å²) in [5.74, 6) is -1.49. The molecule has 3 rings (SSSR count). The second kappa shape index (κ2) is 6.07. The van der Waals surface area contributed by atoms with Gasteiger partial charge >= 0.3 is 0 Å². The fourth-order valence-electron chi connectivity index (χ4n) is 2.79. The van der Waals surface area contributed by atoms with E-state index in [0.717, 1.165) is 28.2 Å². The molecule has 1 amide bonds. The zero-order valence-electron chi connectivity index (χ0n) is 13.8. The Hall–Kier alpha value is -2.69. The van der Waals surface area contributed by atoms with Crippen molar-refractivity contribution in [2.24, 2.45) is 0 Å². The van der Waals surface area contributed by atoms with Crippen LogP contribution in [0.3, 0.4) is 0 Å². The molecule has 0 saturated heterocycles. The van der Waals surface area contributed by atoms with Crippen molar-refractivity contribution < 1.29 is 13.6 Å². The lowest BCUT2D eigenvalue weighted by Crippen LogP contribution is -2.26. The van der Waals surface area contributed by atoms with Crippen LogP contribution in [0.25, 0.3) is 10.9 Å². The van der Waals surface area contributed by atoms with E-state index in [1.165, 1.54) is 17.0 Å². The quantitative estimate of drug-likeness (QED) is 0.763. The number of H-pyrrole nitrogens is 1. The maximum Gasteiger partial charge on any atom is 0.253 e. The van der Waals surface area contributed by atoms with Gasteiger partial charge in [0.2, 0.25) is 0 Å². The third-order valence-electron chi connectivity index (χ3n) is 4.32. The summed E-state index contributed by atoms with van der Waals surface area (Å²) < 4.78 is 26.7. The number of hydrogen-bond acceptors (Lipinski definition) is 1. The predicted molar refractivity (Wildman–Crippen MR) is 89.9 cm³/mol. The average Bonchev–Trinajstić information content (AvgIpc) is 2.83. The Morgan fingerprint density at radius 2 is 1.88 bits per heavy atom. The predicted octanol–water partition coefficient (Wildman–Crippen LogP) is 4.34. The molecule has 0 bridgehead atoms. The van der Waals surface area contributed by atoms with Gasteiger partial charge in [-0.15, -0.1) is 0 Å². The summed E-state index contributed by atoms with van der Waals surface area (Å²) in [5.41, 5.74) is 3.97. The zero-order valence-corrected chi connectivity index (χ0v) is 13.8. The molecule has 1 N–H and O–H groups in total. The van der Waals surface area contributed by atoms with Crippen LogP contribution in [0.5, 0.6) is 0 Å². The number of amides is 1. The fraction of sp³-hybridized carbons (Fsp3) is 0.211. The van der Waals surface area contributed by atoms with E-state index >= 15 is 0 Å². The van der Waals surface area contributed by atoms with Crippen molar-refractivity contribution in [2.75, 3.05) is 7.05 Å². The number of hydrogen-bond donors (Lipinski definition) is 1. The van der Waals surface area contributed by atoms with Gasteiger partial charge in [-0.2, -0.15) is 0 Å². The number of benzene rings is 2. The van der Waals surface area contributed by atoms with E-state index in [1.54, 1.807) is 13.1 Å². The van der Waals surface area contributed by atoms with Crippen molar-refractivity contribution in [3.8, 4) is 0 Å². The minimum absolute atomic E-state index is 0.0775. The van der Waals surface area contributed by atoms with Crippen LogP contribution in [0, 0.1) is 25.5 Å². The first-order chi connectivity index (χ1) is 11.4. The molecule has 0 aliphatic carbocycles. The zero-order chi connectivity index (χ0) is 17.4. The van der Waals surface area contributed by atoms with Gasteiger partial charge in [0.05, 0.1) is 0 Å². The van der Waals surface area contributed by atoms with E-state index in [4.69, 9.17) is 0 Å². The number of fused-ring (bicyclic) bond motifs is 1. The van der Waals surface area contributed by atoms with Crippen molar-refractivity contribution >= 4 is 16.8 Å². The molecule has 0 radical (unpaired) electrons. The first-order valence-electron chi connectivity index (χ1n) is 7.65. The summed E-state index contributed by atoms with van der Waals surface area (Å²) in [4.78, 5) is 17.3. The molecule has 2 aromatic carbocycles. The van der Waals surface area contributed by atoms with Crippen LogP contribution in [0.15, 0.2) is 36.4 Å². The first-order valence-corrected chi connectivity index (χ1v) is 7.65. The number of nitrogens with one attached hydrogen (secondary N) is 1. The molecule has 0 aliphatic heterocycles.